The maximum absolute atomic E-state index is 10.0. The fourth-order valence-corrected chi connectivity index (χ4v) is 7.53. The highest BCUT2D eigenvalue weighted by Gasteiger charge is 2.49. The Morgan fingerprint density at radius 3 is 1.45 bits per heavy atom. The molecule has 0 aliphatic heterocycles. The first-order valence-electron chi connectivity index (χ1n) is 18.1. The highest BCUT2D eigenvalue weighted by atomic mass is 16.6. The third kappa shape index (κ3) is 12.1. The second-order valence-electron chi connectivity index (χ2n) is 16.4. The lowest BCUT2D eigenvalue weighted by Gasteiger charge is -2.54. The van der Waals surface area contributed by atoms with E-state index in [-0.39, 0.29) is 22.9 Å². The first-order chi connectivity index (χ1) is 20.5. The SMILES string of the molecule is CC(C)OC12CCC(O)(CC1)CC2.CC(C)OC1CC2(CCC2)C1.CC(C)OCC1(O)CCC1.COCC1(OC(C)C)CC1. The molecule has 0 unspecified atom stereocenters. The van der Waals surface area contributed by atoms with Crippen LogP contribution < -0.4 is 0 Å². The highest BCUT2D eigenvalue weighted by Crippen LogP contribution is 2.57. The minimum Gasteiger partial charge on any atom is -0.390 e. The Kier molecular flexibility index (Phi) is 14.1. The van der Waals surface area contributed by atoms with Gasteiger partial charge in [-0.2, -0.15) is 0 Å². The lowest BCUT2D eigenvalue weighted by molar-refractivity contribution is -0.181. The molecule has 0 aromatic carbocycles. The molecule has 2 N–H and O–H groups in total. The Balaban J connectivity index is 0.000000161. The average molecular weight is 627 g/mol. The molecule has 0 aromatic heterocycles. The Morgan fingerprint density at radius 2 is 1.11 bits per heavy atom. The van der Waals surface area contributed by atoms with Crippen LogP contribution in [0, 0.1) is 5.41 Å². The van der Waals surface area contributed by atoms with Crippen molar-refractivity contribution in [3.63, 3.8) is 0 Å². The van der Waals surface area contributed by atoms with Crippen LogP contribution >= 0.6 is 0 Å². The quantitative estimate of drug-likeness (QED) is 0.241. The van der Waals surface area contributed by atoms with Gasteiger partial charge in [-0.15, -0.1) is 0 Å². The van der Waals surface area contributed by atoms with Crippen LogP contribution in [0.3, 0.4) is 0 Å². The van der Waals surface area contributed by atoms with E-state index in [9.17, 15) is 10.2 Å². The zero-order chi connectivity index (χ0) is 32.7. The van der Waals surface area contributed by atoms with Gasteiger partial charge >= 0.3 is 0 Å². The molecule has 0 saturated heterocycles. The van der Waals surface area contributed by atoms with Crippen LogP contribution in [0.1, 0.15) is 158 Å². The number of methoxy groups -OCH3 is 1. The number of hydrogen-bond acceptors (Lipinski definition) is 7. The van der Waals surface area contributed by atoms with Gasteiger partial charge in [0.15, 0.2) is 0 Å². The molecule has 260 valence electrons. The van der Waals surface area contributed by atoms with Crippen molar-refractivity contribution in [1.82, 2.24) is 0 Å². The Hall–Kier alpha value is -0.280. The number of fused-ring (bicyclic) bond motifs is 3. The first-order valence-corrected chi connectivity index (χ1v) is 18.1. The van der Waals surface area contributed by atoms with E-state index >= 15 is 0 Å². The summed E-state index contributed by atoms with van der Waals surface area (Å²) in [5.74, 6) is 0. The average Bonchev–Trinajstić information content (AvgIpc) is 3.62. The molecule has 0 atom stereocenters. The molecule has 1 spiro atoms. The maximum atomic E-state index is 10.0. The molecule has 0 radical (unpaired) electrons. The van der Waals surface area contributed by atoms with Gasteiger partial charge in [-0.05, 0) is 157 Å². The molecule has 7 heteroatoms. The summed E-state index contributed by atoms with van der Waals surface area (Å²) in [7, 11) is 1.73. The number of rotatable bonds is 11. The van der Waals surface area contributed by atoms with Crippen molar-refractivity contribution in [2.75, 3.05) is 20.3 Å². The van der Waals surface area contributed by atoms with Crippen molar-refractivity contribution in [1.29, 1.82) is 0 Å². The topological polar surface area (TPSA) is 86.6 Å². The summed E-state index contributed by atoms with van der Waals surface area (Å²) in [4.78, 5) is 0. The standard InChI is InChI=1S/C11H20O2.C10H18O.2C8H16O2/c1-9(2)13-11-6-3-10(12,4-7-11)5-8-11;1-8(2)11-9-6-10(7-9)4-3-5-10;1-7(2)10-8(4-5-8)6-9-3;1-7(2)10-6-8(9)4-3-5-8/h9,12H,3-8H2,1-2H3;8-9H,3-7H2,1-2H3;7H,4-6H2,1-3H3;7,9H,3-6H2,1-2H3. The van der Waals surface area contributed by atoms with Gasteiger partial charge in [0, 0.05) is 7.11 Å². The van der Waals surface area contributed by atoms with Gasteiger partial charge in [0.2, 0.25) is 0 Å². The molecular formula is C37H70O7. The van der Waals surface area contributed by atoms with E-state index < -0.39 is 5.60 Å². The molecule has 2 bridgehead atoms. The summed E-state index contributed by atoms with van der Waals surface area (Å²) in [6, 6.07) is 0. The van der Waals surface area contributed by atoms with Gasteiger partial charge in [0.1, 0.15) is 0 Å². The molecule has 7 aliphatic carbocycles. The van der Waals surface area contributed by atoms with Crippen molar-refractivity contribution in [2.24, 2.45) is 5.41 Å². The monoisotopic (exact) mass is 627 g/mol. The van der Waals surface area contributed by atoms with E-state index in [0.717, 1.165) is 69.8 Å². The smallest absolute Gasteiger partial charge is 0.0920 e. The van der Waals surface area contributed by atoms with Crippen molar-refractivity contribution in [3.8, 4) is 0 Å². The van der Waals surface area contributed by atoms with Crippen molar-refractivity contribution < 1.29 is 33.9 Å². The van der Waals surface area contributed by atoms with E-state index in [4.69, 9.17) is 23.7 Å². The Bertz CT molecular complexity index is 793. The summed E-state index contributed by atoms with van der Waals surface area (Å²) < 4.78 is 27.7. The van der Waals surface area contributed by atoms with Crippen LogP contribution in [-0.4, -0.2) is 83.5 Å². The third-order valence-corrected chi connectivity index (χ3v) is 10.5. The van der Waals surface area contributed by atoms with Crippen molar-refractivity contribution in [2.45, 2.75) is 211 Å². The van der Waals surface area contributed by atoms with E-state index in [1.807, 2.05) is 13.8 Å². The summed E-state index contributed by atoms with van der Waals surface area (Å²) in [5.41, 5.74) is 0.202. The van der Waals surface area contributed by atoms with Gasteiger partial charge in [-0.25, -0.2) is 0 Å². The predicted octanol–water partition coefficient (Wildman–Crippen LogP) is 7.91. The minimum atomic E-state index is -0.468. The number of hydrogen-bond donors (Lipinski definition) is 2. The molecule has 0 aromatic rings. The van der Waals surface area contributed by atoms with E-state index in [1.54, 1.807) is 7.11 Å². The van der Waals surface area contributed by atoms with Gasteiger partial charge in [-0.3, -0.25) is 0 Å². The third-order valence-electron chi connectivity index (χ3n) is 10.5. The lowest BCUT2D eigenvalue weighted by Crippen LogP contribution is -2.51. The molecule has 7 aliphatic rings. The number of ether oxygens (including phenoxy) is 5. The van der Waals surface area contributed by atoms with Gasteiger partial charge in [0.25, 0.3) is 0 Å². The maximum Gasteiger partial charge on any atom is 0.0920 e. The molecule has 7 saturated carbocycles. The van der Waals surface area contributed by atoms with Crippen LogP contribution in [0.2, 0.25) is 0 Å². The number of aliphatic hydroxyl groups is 2. The van der Waals surface area contributed by atoms with E-state index in [1.165, 1.54) is 44.9 Å². The Morgan fingerprint density at radius 1 is 0.591 bits per heavy atom. The van der Waals surface area contributed by atoms with Crippen LogP contribution in [0.4, 0.5) is 0 Å². The molecule has 7 fully saturated rings. The first kappa shape index (κ1) is 38.2. The zero-order valence-electron chi connectivity index (χ0n) is 30.1. The molecule has 44 heavy (non-hydrogen) atoms. The van der Waals surface area contributed by atoms with Crippen LogP contribution in [0.25, 0.3) is 0 Å². The molecule has 7 rings (SSSR count). The molecule has 0 amide bonds. The second kappa shape index (κ2) is 16.2. The van der Waals surface area contributed by atoms with E-state index in [0.29, 0.717) is 31.0 Å². The minimum absolute atomic E-state index is 0.100. The zero-order valence-corrected chi connectivity index (χ0v) is 30.1. The molecular weight excluding hydrogens is 556 g/mol. The van der Waals surface area contributed by atoms with Gasteiger partial charge in [0.05, 0.1) is 66.1 Å². The summed E-state index contributed by atoms with van der Waals surface area (Å²) in [6.45, 7) is 17.8. The van der Waals surface area contributed by atoms with Crippen LogP contribution in [0.5, 0.6) is 0 Å². The largest absolute Gasteiger partial charge is 0.390 e. The van der Waals surface area contributed by atoms with Crippen LogP contribution in [0.15, 0.2) is 0 Å². The van der Waals surface area contributed by atoms with Gasteiger partial charge in [-0.1, -0.05) is 6.42 Å². The van der Waals surface area contributed by atoms with Crippen molar-refractivity contribution in [3.05, 3.63) is 0 Å². The van der Waals surface area contributed by atoms with Gasteiger partial charge < -0.3 is 33.9 Å². The molecule has 7 nitrogen and oxygen atoms in total. The van der Waals surface area contributed by atoms with E-state index in [2.05, 4.69) is 41.5 Å². The second-order valence-corrected chi connectivity index (χ2v) is 16.4. The summed E-state index contributed by atoms with van der Waals surface area (Å²) in [5, 5.41) is 19.5. The lowest BCUT2D eigenvalue weighted by atomic mass is 9.55. The molecule has 0 heterocycles. The van der Waals surface area contributed by atoms with Crippen molar-refractivity contribution >= 4 is 0 Å². The predicted molar refractivity (Wildman–Crippen MR) is 177 cm³/mol. The summed E-state index contributed by atoms with van der Waals surface area (Å²) in [6.07, 6.45) is 20.4. The Labute approximate surface area is 270 Å². The normalized spacial score (nSPS) is 30.3. The fourth-order valence-electron chi connectivity index (χ4n) is 7.53. The summed E-state index contributed by atoms with van der Waals surface area (Å²) >= 11 is 0. The highest BCUT2D eigenvalue weighted by molar-refractivity contribution is 5.02. The van der Waals surface area contributed by atoms with Crippen LogP contribution in [-0.2, 0) is 23.7 Å². The fraction of sp³-hybridized carbons (Fsp3) is 1.00.